The number of carbonyl (C=O) groups is 1. The second-order valence-electron chi connectivity index (χ2n) is 4.65. The maximum absolute atomic E-state index is 11.7. The first-order chi connectivity index (χ1) is 8.96. The molecule has 1 heterocycles. The van der Waals surface area contributed by atoms with Crippen LogP contribution in [0.15, 0.2) is 6.07 Å². The fourth-order valence-corrected chi connectivity index (χ4v) is 4.48. The maximum Gasteiger partial charge on any atom is 0.303 e. The Balaban J connectivity index is 1.81. The van der Waals surface area contributed by atoms with E-state index in [0.717, 1.165) is 17.7 Å². The largest absolute Gasteiger partial charge is 0.481 e. The van der Waals surface area contributed by atoms with Crippen LogP contribution in [0.3, 0.4) is 0 Å². The van der Waals surface area contributed by atoms with E-state index in [4.69, 9.17) is 5.11 Å². The monoisotopic (exact) mass is 303 g/mol. The van der Waals surface area contributed by atoms with Crippen molar-refractivity contribution in [3.05, 3.63) is 21.4 Å². The topological polar surface area (TPSA) is 83.5 Å². The number of nitrogens with one attached hydrogen (secondary N) is 1. The van der Waals surface area contributed by atoms with E-state index < -0.39 is 16.0 Å². The summed E-state index contributed by atoms with van der Waals surface area (Å²) in [6.45, 7) is 0.313. The Kier molecular flexibility index (Phi) is 4.59. The zero-order valence-corrected chi connectivity index (χ0v) is 12.1. The van der Waals surface area contributed by atoms with Gasteiger partial charge in [0.2, 0.25) is 10.0 Å². The molecule has 0 unspecified atom stereocenters. The van der Waals surface area contributed by atoms with E-state index in [9.17, 15) is 13.2 Å². The lowest BCUT2D eigenvalue weighted by Gasteiger charge is -2.04. The third-order valence-electron chi connectivity index (χ3n) is 3.07. The standard InChI is InChI=1S/C12H17NO4S2/c14-12(15)5-2-6-19(16,17)13-8-10-7-9-3-1-4-11(9)18-10/h7,13H,1-6,8H2,(H,14,15). The quantitative estimate of drug-likeness (QED) is 0.800. The average molecular weight is 303 g/mol. The maximum atomic E-state index is 11.7. The predicted molar refractivity (Wildman–Crippen MR) is 73.8 cm³/mol. The number of aryl methyl sites for hydroxylation is 2. The second-order valence-corrected chi connectivity index (χ2v) is 7.80. The van der Waals surface area contributed by atoms with Crippen LogP contribution < -0.4 is 4.72 Å². The average Bonchev–Trinajstić information content (AvgIpc) is 2.85. The number of carboxylic acid groups (broad SMARTS) is 1. The van der Waals surface area contributed by atoms with E-state index in [1.807, 2.05) is 0 Å². The number of fused-ring (bicyclic) bond motifs is 1. The molecule has 5 nitrogen and oxygen atoms in total. The Hall–Kier alpha value is -0.920. The fourth-order valence-electron chi connectivity index (χ4n) is 2.14. The third kappa shape index (κ3) is 4.29. The highest BCUT2D eigenvalue weighted by Gasteiger charge is 2.16. The normalized spacial score (nSPS) is 14.5. The molecule has 2 rings (SSSR count). The van der Waals surface area contributed by atoms with Gasteiger partial charge in [-0.15, -0.1) is 11.3 Å². The first-order valence-electron chi connectivity index (χ1n) is 6.26. The van der Waals surface area contributed by atoms with Gasteiger partial charge < -0.3 is 5.11 Å². The minimum Gasteiger partial charge on any atom is -0.481 e. The Bertz CT molecular complexity index is 541. The summed E-state index contributed by atoms with van der Waals surface area (Å²) in [7, 11) is -3.37. The van der Waals surface area contributed by atoms with E-state index >= 15 is 0 Å². The van der Waals surface area contributed by atoms with E-state index in [1.54, 1.807) is 11.3 Å². The Morgan fingerprint density at radius 2 is 2.21 bits per heavy atom. The summed E-state index contributed by atoms with van der Waals surface area (Å²) in [4.78, 5) is 12.7. The highest BCUT2D eigenvalue weighted by atomic mass is 32.2. The van der Waals surface area contributed by atoms with Crippen molar-refractivity contribution in [3.63, 3.8) is 0 Å². The fraction of sp³-hybridized carbons (Fsp3) is 0.583. The molecule has 1 aromatic heterocycles. The van der Waals surface area contributed by atoms with Crippen LogP contribution in [0.4, 0.5) is 0 Å². The summed E-state index contributed by atoms with van der Waals surface area (Å²) in [5, 5.41) is 8.47. The molecule has 0 saturated heterocycles. The van der Waals surface area contributed by atoms with Gasteiger partial charge in [0.05, 0.1) is 5.75 Å². The Morgan fingerprint density at radius 3 is 2.89 bits per heavy atom. The number of thiophene rings is 1. The van der Waals surface area contributed by atoms with Gasteiger partial charge in [-0.2, -0.15) is 0 Å². The Morgan fingerprint density at radius 1 is 1.42 bits per heavy atom. The first-order valence-corrected chi connectivity index (χ1v) is 8.73. The van der Waals surface area contributed by atoms with Crippen molar-refractivity contribution < 1.29 is 18.3 Å². The van der Waals surface area contributed by atoms with Crippen LogP contribution in [-0.4, -0.2) is 25.2 Å². The molecule has 0 bridgehead atoms. The van der Waals surface area contributed by atoms with Crippen molar-refractivity contribution in [1.82, 2.24) is 4.72 Å². The lowest BCUT2D eigenvalue weighted by molar-refractivity contribution is -0.137. The van der Waals surface area contributed by atoms with Crippen LogP contribution in [0.1, 0.15) is 34.6 Å². The molecule has 1 aliphatic rings. The molecular formula is C12H17NO4S2. The minimum atomic E-state index is -3.37. The van der Waals surface area contributed by atoms with Gasteiger partial charge in [-0.05, 0) is 37.3 Å². The molecule has 0 radical (unpaired) electrons. The molecule has 0 spiro atoms. The van der Waals surface area contributed by atoms with Gasteiger partial charge in [0, 0.05) is 22.7 Å². The van der Waals surface area contributed by atoms with Crippen LogP contribution in [0, 0.1) is 0 Å². The van der Waals surface area contributed by atoms with Gasteiger partial charge in [0.1, 0.15) is 0 Å². The van der Waals surface area contributed by atoms with E-state index in [-0.39, 0.29) is 18.6 Å². The number of rotatable bonds is 7. The molecule has 0 fully saturated rings. The third-order valence-corrected chi connectivity index (χ3v) is 5.72. The second kappa shape index (κ2) is 6.02. The zero-order valence-electron chi connectivity index (χ0n) is 10.5. The van der Waals surface area contributed by atoms with Crippen molar-refractivity contribution in [2.75, 3.05) is 5.75 Å². The highest BCUT2D eigenvalue weighted by Crippen LogP contribution is 2.30. The van der Waals surface area contributed by atoms with Crippen LogP contribution >= 0.6 is 11.3 Å². The number of aliphatic carboxylic acids is 1. The van der Waals surface area contributed by atoms with Crippen molar-refractivity contribution in [2.45, 2.75) is 38.6 Å². The van der Waals surface area contributed by atoms with Gasteiger partial charge in [-0.1, -0.05) is 0 Å². The summed E-state index contributed by atoms with van der Waals surface area (Å²) < 4.78 is 25.8. The summed E-state index contributed by atoms with van der Waals surface area (Å²) in [6, 6.07) is 2.08. The summed E-state index contributed by atoms with van der Waals surface area (Å²) in [5.74, 6) is -1.10. The molecule has 1 aliphatic carbocycles. The van der Waals surface area contributed by atoms with Crippen molar-refractivity contribution >= 4 is 27.3 Å². The Labute approximate surface area is 116 Å². The number of hydrogen-bond acceptors (Lipinski definition) is 4. The molecule has 0 atom stereocenters. The van der Waals surface area contributed by atoms with E-state index in [2.05, 4.69) is 10.8 Å². The first kappa shape index (κ1) is 14.5. The molecule has 2 N–H and O–H groups in total. The summed E-state index contributed by atoms with van der Waals surface area (Å²) in [5.41, 5.74) is 1.35. The van der Waals surface area contributed by atoms with Gasteiger partial charge in [0.25, 0.3) is 0 Å². The SMILES string of the molecule is O=C(O)CCCS(=O)(=O)NCc1cc2c(s1)CCC2. The molecule has 0 aliphatic heterocycles. The number of sulfonamides is 1. The molecule has 7 heteroatoms. The molecule has 19 heavy (non-hydrogen) atoms. The molecule has 1 aromatic rings. The lowest BCUT2D eigenvalue weighted by Crippen LogP contribution is -2.25. The zero-order chi connectivity index (χ0) is 13.9. The molecule has 0 aromatic carbocycles. The lowest BCUT2D eigenvalue weighted by atomic mass is 10.2. The van der Waals surface area contributed by atoms with Gasteiger partial charge in [-0.25, -0.2) is 13.1 Å². The van der Waals surface area contributed by atoms with Crippen molar-refractivity contribution in [1.29, 1.82) is 0 Å². The predicted octanol–water partition coefficient (Wildman–Crippen LogP) is 1.52. The van der Waals surface area contributed by atoms with Crippen LogP contribution in [0.25, 0.3) is 0 Å². The van der Waals surface area contributed by atoms with Crippen LogP contribution in [0.5, 0.6) is 0 Å². The minimum absolute atomic E-state index is 0.117. The van der Waals surface area contributed by atoms with Crippen molar-refractivity contribution in [3.8, 4) is 0 Å². The van der Waals surface area contributed by atoms with Gasteiger partial charge in [0.15, 0.2) is 0 Å². The van der Waals surface area contributed by atoms with E-state index in [1.165, 1.54) is 16.9 Å². The highest BCUT2D eigenvalue weighted by molar-refractivity contribution is 7.89. The molecule has 0 saturated carbocycles. The number of carboxylic acids is 1. The molecule has 0 amide bonds. The molecular weight excluding hydrogens is 286 g/mol. The summed E-state index contributed by atoms with van der Waals surface area (Å²) >= 11 is 1.67. The summed E-state index contributed by atoms with van der Waals surface area (Å²) in [6.07, 6.45) is 3.42. The smallest absolute Gasteiger partial charge is 0.303 e. The number of hydrogen-bond donors (Lipinski definition) is 2. The van der Waals surface area contributed by atoms with Gasteiger partial charge >= 0.3 is 5.97 Å². The van der Waals surface area contributed by atoms with Crippen LogP contribution in [0.2, 0.25) is 0 Å². The van der Waals surface area contributed by atoms with Crippen molar-refractivity contribution in [2.24, 2.45) is 0 Å². The molecule has 106 valence electrons. The van der Waals surface area contributed by atoms with Gasteiger partial charge in [-0.3, -0.25) is 4.79 Å². The van der Waals surface area contributed by atoms with Crippen LogP contribution in [-0.2, 0) is 34.2 Å². The van der Waals surface area contributed by atoms with E-state index in [0.29, 0.717) is 6.54 Å².